The van der Waals surface area contributed by atoms with Crippen molar-refractivity contribution in [2.45, 2.75) is 46.2 Å². The van der Waals surface area contributed by atoms with Crippen molar-refractivity contribution in [3.05, 3.63) is 57.8 Å². The molecule has 1 amide bonds. The molecule has 0 spiro atoms. The van der Waals surface area contributed by atoms with Crippen LogP contribution in [0, 0.1) is 5.41 Å². The Labute approximate surface area is 155 Å². The predicted octanol–water partition coefficient (Wildman–Crippen LogP) is 4.40. The van der Waals surface area contributed by atoms with Crippen molar-refractivity contribution >= 4 is 17.2 Å². The van der Waals surface area contributed by atoms with Crippen LogP contribution >= 0.6 is 11.3 Å². The molecule has 3 rings (SSSR count). The fourth-order valence-corrected chi connectivity index (χ4v) is 4.29. The first-order valence-corrected chi connectivity index (χ1v) is 9.91. The Bertz CT molecular complexity index is 703. The molecule has 0 saturated carbocycles. The van der Waals surface area contributed by atoms with Gasteiger partial charge < -0.3 is 5.32 Å². The monoisotopic (exact) mass is 356 g/mol. The summed E-state index contributed by atoms with van der Waals surface area (Å²) in [5, 5.41) is 5.30. The summed E-state index contributed by atoms with van der Waals surface area (Å²) in [4.78, 5) is 16.1. The van der Waals surface area contributed by atoms with Crippen LogP contribution in [0.5, 0.6) is 0 Å². The van der Waals surface area contributed by atoms with Crippen LogP contribution in [-0.2, 0) is 17.8 Å². The van der Waals surface area contributed by atoms with E-state index in [1.54, 1.807) is 11.3 Å². The molecule has 2 heterocycles. The van der Waals surface area contributed by atoms with Gasteiger partial charge in [0.2, 0.25) is 5.91 Å². The smallest absolute Gasteiger partial charge is 0.220 e. The van der Waals surface area contributed by atoms with Crippen molar-refractivity contribution in [2.75, 3.05) is 13.1 Å². The number of amides is 1. The Morgan fingerprint density at radius 2 is 1.96 bits per heavy atom. The van der Waals surface area contributed by atoms with Gasteiger partial charge in [0.15, 0.2) is 0 Å². The minimum Gasteiger partial charge on any atom is -0.354 e. The first-order chi connectivity index (χ1) is 11.9. The normalized spacial score (nSPS) is 16.3. The number of nitrogens with zero attached hydrogens (tertiary/aromatic N) is 1. The van der Waals surface area contributed by atoms with E-state index >= 15 is 0 Å². The minimum atomic E-state index is 0.0204. The molecular weight excluding hydrogens is 328 g/mol. The first-order valence-electron chi connectivity index (χ1n) is 9.03. The van der Waals surface area contributed by atoms with Gasteiger partial charge in [0.1, 0.15) is 0 Å². The summed E-state index contributed by atoms with van der Waals surface area (Å²) in [5.74, 6) is 0.145. The summed E-state index contributed by atoms with van der Waals surface area (Å²) in [6.45, 7) is 8.97. The number of thiophene rings is 1. The van der Waals surface area contributed by atoms with E-state index in [-0.39, 0.29) is 17.4 Å². The molecule has 1 aromatic carbocycles. The fraction of sp³-hybridized carbons (Fsp3) is 0.476. The molecule has 1 atom stereocenters. The van der Waals surface area contributed by atoms with Gasteiger partial charge in [-0.3, -0.25) is 9.69 Å². The molecule has 1 aliphatic rings. The van der Waals surface area contributed by atoms with Crippen LogP contribution in [0.1, 0.15) is 49.2 Å². The Kier molecular flexibility index (Phi) is 5.60. The van der Waals surface area contributed by atoms with Crippen molar-refractivity contribution in [1.82, 2.24) is 10.2 Å². The van der Waals surface area contributed by atoms with E-state index in [9.17, 15) is 4.79 Å². The highest BCUT2D eigenvalue weighted by Gasteiger charge is 2.26. The zero-order valence-corrected chi connectivity index (χ0v) is 16.2. The van der Waals surface area contributed by atoms with Gasteiger partial charge in [-0.1, -0.05) is 51.1 Å². The lowest BCUT2D eigenvalue weighted by Gasteiger charge is -2.35. The van der Waals surface area contributed by atoms with Crippen LogP contribution in [0.25, 0.3) is 0 Å². The quantitative estimate of drug-likeness (QED) is 0.861. The Balaban J connectivity index is 1.70. The number of rotatable bonds is 5. The average Bonchev–Trinajstić information content (AvgIpc) is 3.07. The molecule has 0 radical (unpaired) electrons. The molecule has 134 valence electrons. The van der Waals surface area contributed by atoms with Crippen molar-refractivity contribution < 1.29 is 4.79 Å². The van der Waals surface area contributed by atoms with Crippen molar-refractivity contribution in [2.24, 2.45) is 5.41 Å². The Hall–Kier alpha value is -1.65. The molecule has 0 bridgehead atoms. The lowest BCUT2D eigenvalue weighted by Crippen LogP contribution is -2.41. The molecule has 1 aromatic heterocycles. The molecule has 25 heavy (non-hydrogen) atoms. The van der Waals surface area contributed by atoms with Crippen LogP contribution in [0.2, 0.25) is 0 Å². The average molecular weight is 357 g/mol. The highest BCUT2D eigenvalue weighted by Crippen LogP contribution is 2.30. The van der Waals surface area contributed by atoms with Crippen molar-refractivity contribution in [3.63, 3.8) is 0 Å². The summed E-state index contributed by atoms with van der Waals surface area (Å²) in [6, 6.07) is 13.2. The van der Waals surface area contributed by atoms with Gasteiger partial charge in [0, 0.05) is 30.9 Å². The largest absolute Gasteiger partial charge is 0.354 e. The third-order valence-electron chi connectivity index (χ3n) is 4.66. The maximum Gasteiger partial charge on any atom is 0.220 e. The molecule has 0 aliphatic carbocycles. The molecule has 0 saturated heterocycles. The zero-order valence-electron chi connectivity index (χ0n) is 15.4. The number of fused-ring (bicyclic) bond motifs is 1. The van der Waals surface area contributed by atoms with Gasteiger partial charge in [-0.05, 0) is 34.4 Å². The first kappa shape index (κ1) is 18.2. The summed E-state index contributed by atoms with van der Waals surface area (Å²) in [7, 11) is 0. The van der Waals surface area contributed by atoms with Crippen molar-refractivity contribution in [3.8, 4) is 0 Å². The lowest BCUT2D eigenvalue weighted by atomic mass is 9.92. The van der Waals surface area contributed by atoms with Crippen LogP contribution in [-0.4, -0.2) is 23.9 Å². The number of hydrogen-bond acceptors (Lipinski definition) is 3. The summed E-state index contributed by atoms with van der Waals surface area (Å²) < 4.78 is 0. The second kappa shape index (κ2) is 7.71. The summed E-state index contributed by atoms with van der Waals surface area (Å²) >= 11 is 1.78. The van der Waals surface area contributed by atoms with Crippen LogP contribution < -0.4 is 5.32 Å². The maximum absolute atomic E-state index is 12.3. The van der Waals surface area contributed by atoms with E-state index in [0.717, 1.165) is 19.5 Å². The van der Waals surface area contributed by atoms with E-state index in [2.05, 4.69) is 72.8 Å². The molecule has 0 fully saturated rings. The molecular formula is C21H28N2OS. The van der Waals surface area contributed by atoms with E-state index in [0.29, 0.717) is 13.0 Å². The van der Waals surface area contributed by atoms with Crippen LogP contribution in [0.3, 0.4) is 0 Å². The number of carbonyl (C=O) groups excluding carboxylic acids is 1. The van der Waals surface area contributed by atoms with E-state index in [1.807, 2.05) is 0 Å². The van der Waals surface area contributed by atoms with Gasteiger partial charge in [-0.15, -0.1) is 11.3 Å². The van der Waals surface area contributed by atoms with Crippen molar-refractivity contribution in [1.29, 1.82) is 0 Å². The Morgan fingerprint density at radius 1 is 1.20 bits per heavy atom. The molecule has 1 aliphatic heterocycles. The summed E-state index contributed by atoms with van der Waals surface area (Å²) in [6.07, 6.45) is 1.64. The maximum atomic E-state index is 12.3. The third-order valence-corrected chi connectivity index (χ3v) is 5.63. The molecule has 1 N–H and O–H groups in total. The molecule has 0 unspecified atom stereocenters. The number of nitrogens with one attached hydrogen (secondary N) is 1. The van der Waals surface area contributed by atoms with Gasteiger partial charge in [0.25, 0.3) is 0 Å². The predicted molar refractivity (Wildman–Crippen MR) is 105 cm³/mol. The highest BCUT2D eigenvalue weighted by atomic mass is 32.1. The van der Waals surface area contributed by atoms with Gasteiger partial charge in [0.05, 0.1) is 6.04 Å². The number of carbonyl (C=O) groups is 1. The van der Waals surface area contributed by atoms with Crippen LogP contribution in [0.4, 0.5) is 0 Å². The van der Waals surface area contributed by atoms with Gasteiger partial charge in [-0.25, -0.2) is 0 Å². The van der Waals surface area contributed by atoms with E-state index in [4.69, 9.17) is 0 Å². The SMILES string of the molecule is CC(C)(C)CC(=O)NC[C@H](c1cccs1)N1CCc2ccccc2C1. The molecule has 4 heteroatoms. The lowest BCUT2D eigenvalue weighted by molar-refractivity contribution is -0.123. The van der Waals surface area contributed by atoms with Gasteiger partial charge >= 0.3 is 0 Å². The topological polar surface area (TPSA) is 32.3 Å². The number of benzene rings is 1. The minimum absolute atomic E-state index is 0.0204. The molecule has 3 nitrogen and oxygen atoms in total. The van der Waals surface area contributed by atoms with Crippen LogP contribution in [0.15, 0.2) is 41.8 Å². The highest BCUT2D eigenvalue weighted by molar-refractivity contribution is 7.10. The fourth-order valence-electron chi connectivity index (χ4n) is 3.43. The Morgan fingerprint density at radius 3 is 2.64 bits per heavy atom. The zero-order chi connectivity index (χ0) is 17.9. The van der Waals surface area contributed by atoms with Gasteiger partial charge in [-0.2, -0.15) is 0 Å². The summed E-state index contributed by atoms with van der Waals surface area (Å²) in [5.41, 5.74) is 2.89. The second-order valence-electron chi connectivity index (χ2n) is 8.06. The molecule has 2 aromatic rings. The van der Waals surface area contributed by atoms with E-state index < -0.39 is 0 Å². The second-order valence-corrected chi connectivity index (χ2v) is 9.04. The van der Waals surface area contributed by atoms with E-state index in [1.165, 1.54) is 16.0 Å². The standard InChI is InChI=1S/C21H28N2OS/c1-21(2,3)13-20(24)22-14-18(19-9-6-12-25-19)23-11-10-16-7-4-5-8-17(16)15-23/h4-9,12,18H,10-11,13-15H2,1-3H3,(H,22,24)/t18-/m1/s1. The number of hydrogen-bond donors (Lipinski definition) is 1. The third kappa shape index (κ3) is 4.93.